The van der Waals surface area contributed by atoms with E-state index >= 15 is 0 Å². The van der Waals surface area contributed by atoms with Crippen LogP contribution in [0.5, 0.6) is 0 Å². The number of nitrogens with zero attached hydrogens (tertiary/aromatic N) is 1. The fourth-order valence-electron chi connectivity index (χ4n) is 2.22. The summed E-state index contributed by atoms with van der Waals surface area (Å²) in [5, 5.41) is 11.0. The number of halogens is 1. The molecule has 0 aliphatic heterocycles. The topological polar surface area (TPSA) is 91.8 Å². The van der Waals surface area contributed by atoms with Crippen LogP contribution < -0.4 is 5.56 Å². The lowest BCUT2D eigenvalue weighted by Crippen LogP contribution is -2.18. The second kappa shape index (κ2) is 6.85. The van der Waals surface area contributed by atoms with Crippen LogP contribution in [0.4, 0.5) is 5.69 Å². The molecule has 0 atom stereocenters. The van der Waals surface area contributed by atoms with Crippen molar-refractivity contribution in [1.82, 2.24) is 9.97 Å². The lowest BCUT2D eigenvalue weighted by Gasteiger charge is -2.08. The van der Waals surface area contributed by atoms with Crippen molar-refractivity contribution >= 4 is 29.5 Å². The van der Waals surface area contributed by atoms with Gasteiger partial charge in [0, 0.05) is 23.7 Å². The number of rotatable bonds is 5. The number of aryl methyl sites for hydroxylation is 1. The van der Waals surface area contributed by atoms with E-state index in [0.29, 0.717) is 17.5 Å². The van der Waals surface area contributed by atoms with Crippen LogP contribution in [-0.2, 0) is 12.8 Å². The molecule has 0 radical (unpaired) electrons. The van der Waals surface area contributed by atoms with Crippen LogP contribution in [-0.4, -0.2) is 14.9 Å². The van der Waals surface area contributed by atoms with Crippen LogP contribution >= 0.6 is 23.8 Å². The molecule has 0 saturated heterocycles. The Bertz CT molecular complexity index is 829. The van der Waals surface area contributed by atoms with Crippen LogP contribution in [0.3, 0.4) is 0 Å². The van der Waals surface area contributed by atoms with Gasteiger partial charge >= 0.3 is 0 Å². The van der Waals surface area contributed by atoms with E-state index in [1.165, 1.54) is 12.1 Å². The average Bonchev–Trinajstić information content (AvgIpc) is 2.44. The fourth-order valence-corrected chi connectivity index (χ4v) is 2.62. The minimum atomic E-state index is -0.540. The number of H-pyrrole nitrogens is 2. The Morgan fingerprint density at radius 2 is 2.09 bits per heavy atom. The summed E-state index contributed by atoms with van der Waals surface area (Å²) < 4.78 is 0.277. The van der Waals surface area contributed by atoms with Crippen LogP contribution in [0.15, 0.2) is 23.0 Å². The number of nitro groups is 1. The predicted molar refractivity (Wildman–Crippen MR) is 87.2 cm³/mol. The Kier molecular flexibility index (Phi) is 5.10. The molecule has 6 nitrogen and oxygen atoms in total. The number of nitrogens with one attached hydrogen (secondary N) is 2. The molecule has 1 heterocycles. The zero-order valence-corrected chi connectivity index (χ0v) is 13.4. The van der Waals surface area contributed by atoms with E-state index < -0.39 is 4.92 Å². The molecule has 2 rings (SSSR count). The minimum absolute atomic E-state index is 0.0731. The van der Waals surface area contributed by atoms with Crippen molar-refractivity contribution in [2.75, 3.05) is 0 Å². The van der Waals surface area contributed by atoms with Gasteiger partial charge < -0.3 is 4.98 Å². The van der Waals surface area contributed by atoms with Gasteiger partial charge in [0.25, 0.3) is 11.2 Å². The van der Waals surface area contributed by atoms with Gasteiger partial charge in [-0.2, -0.15) is 0 Å². The number of hydrogen-bond acceptors (Lipinski definition) is 4. The van der Waals surface area contributed by atoms with Crippen molar-refractivity contribution in [3.63, 3.8) is 0 Å². The summed E-state index contributed by atoms with van der Waals surface area (Å²) in [5.41, 5.74) is 1.49. The van der Waals surface area contributed by atoms with Crippen LogP contribution in [0, 0.1) is 14.9 Å². The smallest absolute Gasteiger partial charge is 0.288 e. The van der Waals surface area contributed by atoms with E-state index in [2.05, 4.69) is 9.97 Å². The highest BCUT2D eigenvalue weighted by Crippen LogP contribution is 2.26. The third-order valence-corrected chi connectivity index (χ3v) is 3.74. The van der Waals surface area contributed by atoms with Gasteiger partial charge in [0.15, 0.2) is 4.77 Å². The van der Waals surface area contributed by atoms with Crippen molar-refractivity contribution in [2.24, 2.45) is 0 Å². The lowest BCUT2D eigenvalue weighted by molar-refractivity contribution is -0.384. The molecular weight excluding hydrogens is 326 g/mol. The first-order chi connectivity index (χ1) is 10.4. The van der Waals surface area contributed by atoms with E-state index in [1.54, 1.807) is 6.07 Å². The monoisotopic (exact) mass is 339 g/mol. The number of aromatic amines is 2. The summed E-state index contributed by atoms with van der Waals surface area (Å²) in [4.78, 5) is 28.1. The van der Waals surface area contributed by atoms with E-state index in [9.17, 15) is 14.9 Å². The Balaban J connectivity index is 2.47. The van der Waals surface area contributed by atoms with Crippen molar-refractivity contribution in [3.8, 4) is 0 Å². The number of nitro benzene ring substituents is 1. The standard InChI is InChI=1S/C14H14ClN3O3S/c1-2-3-11-9(13(19)17-14(22)16-11)6-8-4-5-10(15)12(7-8)18(20)21/h4-5,7H,2-3,6H2,1H3,(H2,16,17,19,22). The SMILES string of the molecule is CCCc1[nH]c(=S)[nH]c(=O)c1Cc1ccc(Cl)c([N+](=O)[O-])c1. The van der Waals surface area contributed by atoms with E-state index in [0.717, 1.165) is 12.1 Å². The maximum atomic E-state index is 12.1. The molecule has 2 N–H and O–H groups in total. The van der Waals surface area contributed by atoms with E-state index in [4.69, 9.17) is 23.8 Å². The van der Waals surface area contributed by atoms with Gasteiger partial charge in [-0.05, 0) is 30.3 Å². The molecule has 8 heteroatoms. The summed E-state index contributed by atoms with van der Waals surface area (Å²) in [6.07, 6.45) is 1.80. The van der Waals surface area contributed by atoms with Crippen molar-refractivity contribution in [3.05, 3.63) is 65.3 Å². The van der Waals surface area contributed by atoms with Gasteiger partial charge in [-0.15, -0.1) is 0 Å². The lowest BCUT2D eigenvalue weighted by atomic mass is 10.0. The van der Waals surface area contributed by atoms with Crippen molar-refractivity contribution in [1.29, 1.82) is 0 Å². The van der Waals surface area contributed by atoms with Gasteiger partial charge in [-0.3, -0.25) is 19.9 Å². The Hall–Kier alpha value is -1.99. The quantitative estimate of drug-likeness (QED) is 0.495. The maximum absolute atomic E-state index is 12.1. The third kappa shape index (κ3) is 3.61. The Morgan fingerprint density at radius 3 is 2.73 bits per heavy atom. The fraction of sp³-hybridized carbons (Fsp3) is 0.286. The van der Waals surface area contributed by atoms with E-state index in [1.807, 2.05) is 6.92 Å². The molecule has 0 spiro atoms. The number of hydrogen-bond donors (Lipinski definition) is 2. The maximum Gasteiger partial charge on any atom is 0.288 e. The predicted octanol–water partition coefficient (Wildman–Crippen LogP) is 3.54. The number of benzene rings is 1. The second-order valence-corrected chi connectivity index (χ2v) is 5.65. The van der Waals surface area contributed by atoms with Crippen molar-refractivity contribution < 1.29 is 4.92 Å². The molecule has 0 fully saturated rings. The van der Waals surface area contributed by atoms with Crippen LogP contribution in [0.1, 0.15) is 30.2 Å². The third-order valence-electron chi connectivity index (χ3n) is 3.22. The molecule has 1 aromatic carbocycles. The highest BCUT2D eigenvalue weighted by molar-refractivity contribution is 7.71. The van der Waals surface area contributed by atoms with Crippen LogP contribution in [0.25, 0.3) is 0 Å². The number of aromatic nitrogens is 2. The summed E-state index contributed by atoms with van der Waals surface area (Å²) in [5.74, 6) is 0. The molecule has 2 aromatic rings. The molecule has 22 heavy (non-hydrogen) atoms. The van der Waals surface area contributed by atoms with E-state index in [-0.39, 0.29) is 27.5 Å². The Labute approximate surface area is 136 Å². The normalized spacial score (nSPS) is 10.6. The second-order valence-electron chi connectivity index (χ2n) is 4.84. The summed E-state index contributed by atoms with van der Waals surface area (Å²) in [6, 6.07) is 4.53. The molecule has 0 unspecified atom stereocenters. The highest BCUT2D eigenvalue weighted by atomic mass is 35.5. The van der Waals surface area contributed by atoms with Gasteiger partial charge in [-0.1, -0.05) is 31.0 Å². The summed E-state index contributed by atoms with van der Waals surface area (Å²) in [7, 11) is 0. The zero-order chi connectivity index (χ0) is 16.3. The molecule has 0 aliphatic carbocycles. The first-order valence-corrected chi connectivity index (χ1v) is 7.48. The van der Waals surface area contributed by atoms with Gasteiger partial charge in [0.05, 0.1) is 4.92 Å². The molecule has 116 valence electrons. The van der Waals surface area contributed by atoms with Crippen LogP contribution in [0.2, 0.25) is 5.02 Å². The zero-order valence-electron chi connectivity index (χ0n) is 11.8. The Morgan fingerprint density at radius 1 is 1.36 bits per heavy atom. The minimum Gasteiger partial charge on any atom is -0.336 e. The largest absolute Gasteiger partial charge is 0.336 e. The van der Waals surface area contributed by atoms with Crippen molar-refractivity contribution in [2.45, 2.75) is 26.2 Å². The highest BCUT2D eigenvalue weighted by Gasteiger charge is 2.15. The average molecular weight is 340 g/mol. The first kappa shape index (κ1) is 16.4. The first-order valence-electron chi connectivity index (χ1n) is 6.69. The molecule has 0 saturated carbocycles. The molecule has 0 bridgehead atoms. The van der Waals surface area contributed by atoms with Gasteiger partial charge in [0.2, 0.25) is 0 Å². The van der Waals surface area contributed by atoms with Gasteiger partial charge in [-0.25, -0.2) is 0 Å². The molecule has 1 aromatic heterocycles. The molecule has 0 aliphatic rings. The molecular formula is C14H14ClN3O3S. The molecule has 0 amide bonds. The summed E-state index contributed by atoms with van der Waals surface area (Å²) >= 11 is 10.8. The summed E-state index contributed by atoms with van der Waals surface area (Å²) in [6.45, 7) is 2.00. The van der Waals surface area contributed by atoms with Gasteiger partial charge in [0.1, 0.15) is 5.02 Å².